The van der Waals surface area contributed by atoms with Gasteiger partial charge in [-0.15, -0.1) is 0 Å². The molecule has 0 saturated carbocycles. The summed E-state index contributed by atoms with van der Waals surface area (Å²) in [5, 5.41) is 3.38. The van der Waals surface area contributed by atoms with Crippen molar-refractivity contribution < 1.29 is 0 Å². The van der Waals surface area contributed by atoms with E-state index < -0.39 is 0 Å². The van der Waals surface area contributed by atoms with Gasteiger partial charge in [0.1, 0.15) is 0 Å². The molecule has 1 atom stereocenters. The fraction of sp³-hybridized carbons (Fsp3) is 1.00. The molecular weight excluding hydrogens is 239 g/mol. The number of rotatable bonds is 1. The summed E-state index contributed by atoms with van der Waals surface area (Å²) in [5.74, 6) is 0. The Bertz CT molecular complexity index is 106. The van der Waals surface area contributed by atoms with Crippen LogP contribution >= 0.6 is 22.6 Å². The van der Waals surface area contributed by atoms with Crippen LogP contribution in [0.3, 0.4) is 0 Å². The minimum atomic E-state index is 0.685. The molecule has 1 N–H and O–H groups in total. The molecule has 1 aliphatic rings. The Kier molecular flexibility index (Phi) is 3.39. The Morgan fingerprint density at radius 2 is 2.30 bits per heavy atom. The molecular formula is C7H15IN2. The third-order valence-corrected chi connectivity index (χ3v) is 2.68. The van der Waals surface area contributed by atoms with Crippen LogP contribution in [0.5, 0.6) is 0 Å². The first-order chi connectivity index (χ1) is 4.70. The summed E-state index contributed by atoms with van der Waals surface area (Å²) in [5.41, 5.74) is 0. The molecule has 1 rings (SSSR count). The molecule has 0 spiro atoms. The third kappa shape index (κ3) is 2.36. The van der Waals surface area contributed by atoms with Gasteiger partial charge in [0.05, 0.1) is 0 Å². The van der Waals surface area contributed by atoms with Gasteiger partial charge in [-0.05, 0) is 13.8 Å². The van der Waals surface area contributed by atoms with E-state index in [-0.39, 0.29) is 0 Å². The molecule has 1 saturated heterocycles. The zero-order valence-corrected chi connectivity index (χ0v) is 8.76. The van der Waals surface area contributed by atoms with Gasteiger partial charge in [0.2, 0.25) is 0 Å². The van der Waals surface area contributed by atoms with E-state index >= 15 is 0 Å². The van der Waals surface area contributed by atoms with Crippen LogP contribution in [-0.2, 0) is 0 Å². The van der Waals surface area contributed by atoms with Crippen molar-refractivity contribution in [2.24, 2.45) is 0 Å². The van der Waals surface area contributed by atoms with E-state index in [4.69, 9.17) is 0 Å². The first-order valence-electron chi connectivity index (χ1n) is 3.79. The fourth-order valence-corrected chi connectivity index (χ4v) is 1.96. The predicted octanol–water partition coefficient (Wildman–Crippen LogP) is 1.06. The second-order valence-corrected chi connectivity index (χ2v) is 4.84. The minimum absolute atomic E-state index is 0.685. The fourth-order valence-electron chi connectivity index (χ4n) is 1.14. The molecule has 1 aliphatic heterocycles. The van der Waals surface area contributed by atoms with E-state index in [1.807, 2.05) is 0 Å². The van der Waals surface area contributed by atoms with Crippen LogP contribution in [0, 0.1) is 0 Å². The van der Waals surface area contributed by atoms with Crippen molar-refractivity contribution in [2.75, 3.05) is 19.8 Å². The predicted molar refractivity (Wildman–Crippen MR) is 52.5 cm³/mol. The SMILES string of the molecule is CC(C)N1CNCC(I)C1. The summed E-state index contributed by atoms with van der Waals surface area (Å²) in [6.45, 7) is 7.97. The summed E-state index contributed by atoms with van der Waals surface area (Å²) < 4.78 is 0.786. The lowest BCUT2D eigenvalue weighted by atomic mass is 10.2. The van der Waals surface area contributed by atoms with Crippen LogP contribution in [0.15, 0.2) is 0 Å². The average molecular weight is 254 g/mol. The van der Waals surface area contributed by atoms with E-state index in [0.717, 1.165) is 10.6 Å². The molecule has 2 nitrogen and oxygen atoms in total. The highest BCUT2D eigenvalue weighted by molar-refractivity contribution is 14.1. The summed E-state index contributed by atoms with van der Waals surface area (Å²) in [6.07, 6.45) is 0. The zero-order chi connectivity index (χ0) is 7.56. The highest BCUT2D eigenvalue weighted by Gasteiger charge is 2.18. The van der Waals surface area contributed by atoms with Gasteiger partial charge in [0, 0.05) is 29.7 Å². The van der Waals surface area contributed by atoms with Gasteiger partial charge in [-0.3, -0.25) is 4.90 Å². The van der Waals surface area contributed by atoms with Gasteiger partial charge in [-0.1, -0.05) is 22.6 Å². The number of alkyl halides is 1. The molecule has 0 radical (unpaired) electrons. The maximum absolute atomic E-state index is 3.38. The second kappa shape index (κ2) is 3.88. The number of nitrogens with one attached hydrogen (secondary N) is 1. The number of halogens is 1. The normalized spacial score (nSPS) is 29.4. The molecule has 0 amide bonds. The molecule has 0 aromatic carbocycles. The molecule has 0 aliphatic carbocycles. The maximum Gasteiger partial charge on any atom is 0.0483 e. The van der Waals surface area contributed by atoms with Gasteiger partial charge < -0.3 is 5.32 Å². The quantitative estimate of drug-likeness (QED) is 0.556. The zero-order valence-electron chi connectivity index (χ0n) is 6.60. The van der Waals surface area contributed by atoms with Gasteiger partial charge >= 0.3 is 0 Å². The largest absolute Gasteiger partial charge is 0.303 e. The second-order valence-electron chi connectivity index (χ2n) is 3.07. The van der Waals surface area contributed by atoms with Gasteiger partial charge in [0.25, 0.3) is 0 Å². The average Bonchev–Trinajstić information content (AvgIpc) is 1.88. The van der Waals surface area contributed by atoms with E-state index in [0.29, 0.717) is 6.04 Å². The third-order valence-electron chi connectivity index (χ3n) is 1.84. The van der Waals surface area contributed by atoms with Gasteiger partial charge in [0.15, 0.2) is 0 Å². The van der Waals surface area contributed by atoms with Crippen molar-refractivity contribution in [2.45, 2.75) is 23.8 Å². The molecule has 1 unspecified atom stereocenters. The standard InChI is InChI=1S/C7H15IN2/c1-6(2)10-4-7(8)3-9-5-10/h6-7,9H,3-5H2,1-2H3. The number of hydrogen-bond donors (Lipinski definition) is 1. The van der Waals surface area contributed by atoms with Crippen molar-refractivity contribution >= 4 is 22.6 Å². The molecule has 0 aromatic heterocycles. The lowest BCUT2D eigenvalue weighted by molar-refractivity contribution is 0.181. The maximum atomic E-state index is 3.38. The topological polar surface area (TPSA) is 15.3 Å². The van der Waals surface area contributed by atoms with Crippen molar-refractivity contribution in [3.8, 4) is 0 Å². The van der Waals surface area contributed by atoms with Crippen molar-refractivity contribution in [3.63, 3.8) is 0 Å². The number of nitrogens with zero attached hydrogens (tertiary/aromatic N) is 1. The first kappa shape index (κ1) is 8.74. The smallest absolute Gasteiger partial charge is 0.0483 e. The van der Waals surface area contributed by atoms with E-state index in [2.05, 4.69) is 46.7 Å². The van der Waals surface area contributed by atoms with Crippen LogP contribution in [0.4, 0.5) is 0 Å². The van der Waals surface area contributed by atoms with Crippen LogP contribution in [-0.4, -0.2) is 34.6 Å². The Balaban J connectivity index is 2.32. The Hall–Kier alpha value is 0.650. The van der Waals surface area contributed by atoms with Crippen LogP contribution in [0.1, 0.15) is 13.8 Å². The van der Waals surface area contributed by atoms with Crippen LogP contribution in [0.2, 0.25) is 0 Å². The summed E-state index contributed by atoms with van der Waals surface area (Å²) in [6, 6.07) is 0.685. The molecule has 60 valence electrons. The molecule has 1 heterocycles. The molecule has 0 aromatic rings. The highest BCUT2D eigenvalue weighted by Crippen LogP contribution is 2.08. The Morgan fingerprint density at radius 3 is 2.70 bits per heavy atom. The van der Waals surface area contributed by atoms with Crippen molar-refractivity contribution in [1.82, 2.24) is 10.2 Å². The van der Waals surface area contributed by atoms with E-state index in [1.165, 1.54) is 13.1 Å². The van der Waals surface area contributed by atoms with Gasteiger partial charge in [-0.2, -0.15) is 0 Å². The highest BCUT2D eigenvalue weighted by atomic mass is 127. The van der Waals surface area contributed by atoms with Crippen LogP contribution in [0.25, 0.3) is 0 Å². The lowest BCUT2D eigenvalue weighted by Gasteiger charge is -2.33. The number of hydrogen-bond acceptors (Lipinski definition) is 2. The monoisotopic (exact) mass is 254 g/mol. The lowest BCUT2D eigenvalue weighted by Crippen LogP contribution is -2.50. The molecule has 10 heavy (non-hydrogen) atoms. The van der Waals surface area contributed by atoms with E-state index in [9.17, 15) is 0 Å². The Labute approximate surface area is 76.5 Å². The van der Waals surface area contributed by atoms with Crippen LogP contribution < -0.4 is 5.32 Å². The molecule has 0 bridgehead atoms. The van der Waals surface area contributed by atoms with Crippen molar-refractivity contribution in [1.29, 1.82) is 0 Å². The van der Waals surface area contributed by atoms with Crippen molar-refractivity contribution in [3.05, 3.63) is 0 Å². The molecule has 1 fully saturated rings. The minimum Gasteiger partial charge on any atom is -0.303 e. The summed E-state index contributed by atoms with van der Waals surface area (Å²) in [4.78, 5) is 2.46. The van der Waals surface area contributed by atoms with Gasteiger partial charge in [-0.25, -0.2) is 0 Å². The van der Waals surface area contributed by atoms with E-state index in [1.54, 1.807) is 0 Å². The Morgan fingerprint density at radius 1 is 1.60 bits per heavy atom. The summed E-state index contributed by atoms with van der Waals surface area (Å²) >= 11 is 2.50. The first-order valence-corrected chi connectivity index (χ1v) is 5.03. The molecule has 3 heteroatoms. The summed E-state index contributed by atoms with van der Waals surface area (Å²) in [7, 11) is 0.